The average molecular weight is 348 g/mol. The maximum Gasteiger partial charge on any atom is 0.251 e. The van der Waals surface area contributed by atoms with Crippen LogP contribution in [0.25, 0.3) is 0 Å². The Labute approximate surface area is 147 Å². The van der Waals surface area contributed by atoms with Gasteiger partial charge < -0.3 is 5.32 Å². The molecule has 4 heteroatoms. The zero-order chi connectivity index (χ0) is 16.8. The number of hydrogen-bond acceptors (Lipinski definition) is 2. The lowest BCUT2D eigenvalue weighted by molar-refractivity contribution is 0.0955. The normalized spacial score (nSPS) is 10.6. The lowest BCUT2D eigenvalue weighted by Gasteiger charge is -2.10. The van der Waals surface area contributed by atoms with Crippen LogP contribution in [0.2, 0.25) is 5.02 Å². The van der Waals surface area contributed by atoms with Crippen LogP contribution in [0.15, 0.2) is 36.4 Å². The van der Waals surface area contributed by atoms with E-state index in [0.717, 1.165) is 33.2 Å². The standard InChI is InChI=1S/C19H22ClNOS/c1-13-9-15(3)18(10-14(13)2)19(22)21-7-8-23-12-16-5-4-6-17(20)11-16/h4-6,9-11H,7-8,12H2,1-3H3,(H,21,22). The van der Waals surface area contributed by atoms with E-state index in [2.05, 4.69) is 24.4 Å². The first-order valence-electron chi connectivity index (χ1n) is 7.65. The number of benzene rings is 2. The quantitative estimate of drug-likeness (QED) is 0.751. The Hall–Kier alpha value is -1.45. The Morgan fingerprint density at radius 3 is 2.57 bits per heavy atom. The van der Waals surface area contributed by atoms with E-state index in [1.165, 1.54) is 11.1 Å². The summed E-state index contributed by atoms with van der Waals surface area (Å²) >= 11 is 7.76. The van der Waals surface area contributed by atoms with E-state index in [1.807, 2.05) is 38.1 Å². The minimum absolute atomic E-state index is 0.00829. The minimum Gasteiger partial charge on any atom is -0.351 e. The van der Waals surface area contributed by atoms with Crippen LogP contribution in [0.1, 0.15) is 32.6 Å². The monoisotopic (exact) mass is 347 g/mol. The van der Waals surface area contributed by atoms with Crippen molar-refractivity contribution < 1.29 is 4.79 Å². The summed E-state index contributed by atoms with van der Waals surface area (Å²) in [5.41, 5.74) is 5.37. The molecule has 1 N–H and O–H groups in total. The predicted octanol–water partition coefficient (Wildman–Crippen LogP) is 4.93. The number of amides is 1. The van der Waals surface area contributed by atoms with Gasteiger partial charge in [0.1, 0.15) is 0 Å². The Morgan fingerprint density at radius 1 is 1.09 bits per heavy atom. The van der Waals surface area contributed by atoms with Crippen molar-refractivity contribution >= 4 is 29.3 Å². The third kappa shape index (κ3) is 5.29. The first-order valence-corrected chi connectivity index (χ1v) is 9.19. The van der Waals surface area contributed by atoms with Crippen molar-refractivity contribution in [3.8, 4) is 0 Å². The van der Waals surface area contributed by atoms with Gasteiger partial charge >= 0.3 is 0 Å². The molecule has 0 aromatic heterocycles. The zero-order valence-corrected chi connectivity index (χ0v) is 15.4. The molecule has 122 valence electrons. The van der Waals surface area contributed by atoms with Gasteiger partial charge in [-0.15, -0.1) is 0 Å². The van der Waals surface area contributed by atoms with Crippen LogP contribution in [0.4, 0.5) is 0 Å². The Balaban J connectivity index is 1.78. The molecule has 2 aromatic rings. The fourth-order valence-electron chi connectivity index (χ4n) is 2.35. The fraction of sp³-hybridized carbons (Fsp3) is 0.316. The van der Waals surface area contributed by atoms with Gasteiger partial charge in [0.25, 0.3) is 5.91 Å². The molecule has 23 heavy (non-hydrogen) atoms. The van der Waals surface area contributed by atoms with Gasteiger partial charge in [-0.1, -0.05) is 29.8 Å². The molecule has 0 aliphatic heterocycles. The topological polar surface area (TPSA) is 29.1 Å². The van der Waals surface area contributed by atoms with E-state index in [9.17, 15) is 4.79 Å². The van der Waals surface area contributed by atoms with Crippen LogP contribution in [-0.2, 0) is 5.75 Å². The van der Waals surface area contributed by atoms with Gasteiger partial charge in [-0.2, -0.15) is 11.8 Å². The number of carbonyl (C=O) groups is 1. The van der Waals surface area contributed by atoms with Gasteiger partial charge in [-0.25, -0.2) is 0 Å². The third-order valence-corrected chi connectivity index (χ3v) is 5.04. The number of halogens is 1. The smallest absolute Gasteiger partial charge is 0.251 e. The second-order valence-corrected chi connectivity index (χ2v) is 7.23. The van der Waals surface area contributed by atoms with Crippen molar-refractivity contribution in [2.24, 2.45) is 0 Å². The average Bonchev–Trinajstić information content (AvgIpc) is 2.50. The van der Waals surface area contributed by atoms with Crippen molar-refractivity contribution in [1.82, 2.24) is 5.32 Å². The highest BCUT2D eigenvalue weighted by Gasteiger charge is 2.10. The molecule has 0 saturated heterocycles. The molecule has 2 aromatic carbocycles. The van der Waals surface area contributed by atoms with Gasteiger partial charge in [-0.3, -0.25) is 4.79 Å². The molecule has 1 amide bonds. The van der Waals surface area contributed by atoms with Gasteiger partial charge in [0.15, 0.2) is 0 Å². The molecule has 0 aliphatic rings. The summed E-state index contributed by atoms with van der Waals surface area (Å²) in [5, 5.41) is 3.76. The van der Waals surface area contributed by atoms with Crippen molar-refractivity contribution in [3.63, 3.8) is 0 Å². The molecule has 0 aliphatic carbocycles. The van der Waals surface area contributed by atoms with E-state index in [-0.39, 0.29) is 5.91 Å². The molecule has 0 atom stereocenters. The van der Waals surface area contributed by atoms with Crippen LogP contribution in [0.3, 0.4) is 0 Å². The summed E-state index contributed by atoms with van der Waals surface area (Å²) in [6.07, 6.45) is 0. The lowest BCUT2D eigenvalue weighted by atomic mass is 10.0. The second kappa shape index (κ2) is 8.42. The maximum atomic E-state index is 12.3. The van der Waals surface area contributed by atoms with E-state index >= 15 is 0 Å². The number of thioether (sulfide) groups is 1. The molecule has 2 rings (SSSR count). The number of rotatable bonds is 6. The largest absolute Gasteiger partial charge is 0.351 e. The maximum absolute atomic E-state index is 12.3. The van der Waals surface area contributed by atoms with Gasteiger partial charge in [0.05, 0.1) is 0 Å². The van der Waals surface area contributed by atoms with E-state index < -0.39 is 0 Å². The minimum atomic E-state index is 0.00829. The van der Waals surface area contributed by atoms with Gasteiger partial charge in [0.2, 0.25) is 0 Å². The Bertz CT molecular complexity index is 700. The molecule has 2 nitrogen and oxygen atoms in total. The molecule has 0 fully saturated rings. The number of carbonyl (C=O) groups excluding carboxylic acids is 1. The van der Waals surface area contributed by atoms with Crippen molar-refractivity contribution in [3.05, 3.63) is 69.2 Å². The molecule has 0 spiro atoms. The molecule has 0 saturated carbocycles. The highest BCUT2D eigenvalue weighted by molar-refractivity contribution is 7.98. The van der Waals surface area contributed by atoms with Crippen LogP contribution in [0, 0.1) is 20.8 Å². The summed E-state index contributed by atoms with van der Waals surface area (Å²) < 4.78 is 0. The summed E-state index contributed by atoms with van der Waals surface area (Å²) in [6.45, 7) is 6.74. The highest BCUT2D eigenvalue weighted by Crippen LogP contribution is 2.17. The Kier molecular flexibility index (Phi) is 6.55. The molecular formula is C19H22ClNOS. The van der Waals surface area contributed by atoms with Crippen molar-refractivity contribution in [2.75, 3.05) is 12.3 Å². The summed E-state index contributed by atoms with van der Waals surface area (Å²) in [5.74, 6) is 1.79. The van der Waals surface area contributed by atoms with Gasteiger partial charge in [-0.05, 0) is 61.2 Å². The van der Waals surface area contributed by atoms with Crippen LogP contribution in [0.5, 0.6) is 0 Å². The molecule has 0 heterocycles. The highest BCUT2D eigenvalue weighted by atomic mass is 35.5. The number of nitrogens with one attached hydrogen (secondary N) is 1. The zero-order valence-electron chi connectivity index (χ0n) is 13.8. The predicted molar refractivity (Wildman–Crippen MR) is 101 cm³/mol. The summed E-state index contributed by atoms with van der Waals surface area (Å²) in [7, 11) is 0. The van der Waals surface area contributed by atoms with Crippen molar-refractivity contribution in [2.45, 2.75) is 26.5 Å². The second-order valence-electron chi connectivity index (χ2n) is 5.69. The molecule has 0 unspecified atom stereocenters. The molecule has 0 bridgehead atoms. The van der Waals surface area contributed by atoms with E-state index in [0.29, 0.717) is 6.54 Å². The van der Waals surface area contributed by atoms with E-state index in [1.54, 1.807) is 11.8 Å². The molecule has 0 radical (unpaired) electrons. The summed E-state index contributed by atoms with van der Waals surface area (Å²) in [4.78, 5) is 12.3. The fourth-order valence-corrected chi connectivity index (χ4v) is 3.37. The van der Waals surface area contributed by atoms with Crippen LogP contribution in [-0.4, -0.2) is 18.2 Å². The summed E-state index contributed by atoms with van der Waals surface area (Å²) in [6, 6.07) is 11.9. The first kappa shape index (κ1) is 17.9. The number of aryl methyl sites for hydroxylation is 3. The van der Waals surface area contributed by atoms with E-state index in [4.69, 9.17) is 11.6 Å². The van der Waals surface area contributed by atoms with Gasteiger partial charge in [0, 0.05) is 28.6 Å². The van der Waals surface area contributed by atoms with Crippen LogP contribution >= 0.6 is 23.4 Å². The third-order valence-electron chi connectivity index (χ3n) is 3.78. The van der Waals surface area contributed by atoms with Crippen molar-refractivity contribution in [1.29, 1.82) is 0 Å². The Morgan fingerprint density at radius 2 is 1.83 bits per heavy atom. The van der Waals surface area contributed by atoms with Crippen LogP contribution < -0.4 is 5.32 Å². The number of hydrogen-bond donors (Lipinski definition) is 1. The SMILES string of the molecule is Cc1cc(C)c(C(=O)NCCSCc2cccc(Cl)c2)cc1C. The first-order chi connectivity index (χ1) is 11.0. The lowest BCUT2D eigenvalue weighted by Crippen LogP contribution is -2.26. The molecular weight excluding hydrogens is 326 g/mol.